The first-order valence-corrected chi connectivity index (χ1v) is 7.04. The van der Waals surface area contributed by atoms with Crippen LogP contribution in [0.4, 0.5) is 10.1 Å². The highest BCUT2D eigenvalue weighted by molar-refractivity contribution is 6.09. The Balaban J connectivity index is 2.27. The van der Waals surface area contributed by atoms with Gasteiger partial charge in [-0.15, -0.1) is 0 Å². The summed E-state index contributed by atoms with van der Waals surface area (Å²) in [5.41, 5.74) is 1.17. The van der Waals surface area contributed by atoms with Gasteiger partial charge in [-0.1, -0.05) is 0 Å². The minimum absolute atomic E-state index is 0.0618. The smallest absolute Gasteiger partial charge is 0.340 e. The Morgan fingerprint density at radius 3 is 2.57 bits per heavy atom. The molecule has 0 spiro atoms. The average molecular weight is 315 g/mol. The van der Waals surface area contributed by atoms with Crippen molar-refractivity contribution in [1.82, 2.24) is 0 Å². The van der Waals surface area contributed by atoms with E-state index < -0.39 is 11.8 Å². The molecule has 0 aliphatic carbocycles. The molecule has 0 saturated heterocycles. The number of carboxylic acid groups (broad SMARTS) is 1. The Morgan fingerprint density at radius 1 is 1.26 bits per heavy atom. The van der Waals surface area contributed by atoms with E-state index in [0.29, 0.717) is 23.4 Å². The van der Waals surface area contributed by atoms with Gasteiger partial charge in [-0.25, -0.2) is 9.18 Å². The van der Waals surface area contributed by atoms with Crippen LogP contribution in [0, 0.1) is 5.82 Å². The van der Waals surface area contributed by atoms with Crippen molar-refractivity contribution in [2.75, 3.05) is 11.9 Å². The summed E-state index contributed by atoms with van der Waals surface area (Å²) in [7, 11) is 0. The van der Waals surface area contributed by atoms with E-state index in [1.807, 2.05) is 6.92 Å². The molecule has 2 aromatic carbocycles. The van der Waals surface area contributed by atoms with Gasteiger partial charge in [0, 0.05) is 23.6 Å². The number of aromatic carboxylic acids is 1. The largest absolute Gasteiger partial charge is 0.506 e. The molecule has 0 aliphatic rings. The van der Waals surface area contributed by atoms with E-state index in [9.17, 15) is 19.4 Å². The van der Waals surface area contributed by atoms with Gasteiger partial charge in [0.15, 0.2) is 0 Å². The molecule has 5 nitrogen and oxygen atoms in total. The maximum atomic E-state index is 13.1. The van der Waals surface area contributed by atoms with Crippen LogP contribution in [-0.2, 0) is 0 Å². The minimum atomic E-state index is -1.18. The molecular formula is C17H14FNO4. The maximum absolute atomic E-state index is 13.1. The molecule has 0 fully saturated rings. The predicted molar refractivity (Wildman–Crippen MR) is 84.4 cm³/mol. The van der Waals surface area contributed by atoms with Crippen molar-refractivity contribution < 1.29 is 23.8 Å². The number of aromatic hydroxyl groups is 1. The van der Waals surface area contributed by atoms with E-state index in [1.54, 1.807) is 6.07 Å². The van der Waals surface area contributed by atoms with Crippen molar-refractivity contribution in [3.8, 4) is 17.1 Å². The Kier molecular flexibility index (Phi) is 3.65. The van der Waals surface area contributed by atoms with Crippen molar-refractivity contribution >= 4 is 22.6 Å². The van der Waals surface area contributed by atoms with Crippen molar-refractivity contribution in [2.24, 2.45) is 0 Å². The first-order chi connectivity index (χ1) is 11.0. The third-order valence-electron chi connectivity index (χ3n) is 3.49. The van der Waals surface area contributed by atoms with Crippen LogP contribution in [0.3, 0.4) is 0 Å². The van der Waals surface area contributed by atoms with Crippen molar-refractivity contribution in [2.45, 2.75) is 6.92 Å². The second kappa shape index (κ2) is 5.64. The van der Waals surface area contributed by atoms with E-state index in [-0.39, 0.29) is 22.5 Å². The number of nitrogens with one attached hydrogen (secondary N) is 1. The molecule has 0 unspecified atom stereocenters. The van der Waals surface area contributed by atoms with E-state index >= 15 is 0 Å². The van der Waals surface area contributed by atoms with Crippen LogP contribution in [-0.4, -0.2) is 22.7 Å². The van der Waals surface area contributed by atoms with Gasteiger partial charge < -0.3 is 19.9 Å². The molecule has 3 N–H and O–H groups in total. The molecule has 0 atom stereocenters. The topological polar surface area (TPSA) is 82.7 Å². The molecule has 1 heterocycles. The second-order valence-electron chi connectivity index (χ2n) is 5.01. The molecule has 6 heteroatoms. The van der Waals surface area contributed by atoms with Crippen LogP contribution in [0.5, 0.6) is 5.75 Å². The monoisotopic (exact) mass is 315 g/mol. The van der Waals surface area contributed by atoms with Crippen molar-refractivity contribution in [3.05, 3.63) is 47.8 Å². The summed E-state index contributed by atoms with van der Waals surface area (Å²) < 4.78 is 18.7. The van der Waals surface area contributed by atoms with Crippen LogP contribution < -0.4 is 5.32 Å². The average Bonchev–Trinajstić information content (AvgIpc) is 2.87. The highest BCUT2D eigenvalue weighted by Gasteiger charge is 2.23. The fraction of sp³-hybridized carbons (Fsp3) is 0.118. The number of hydrogen-bond donors (Lipinski definition) is 3. The minimum Gasteiger partial charge on any atom is -0.506 e. The molecule has 0 saturated carbocycles. The van der Waals surface area contributed by atoms with Gasteiger partial charge in [0.2, 0.25) is 0 Å². The molecule has 23 heavy (non-hydrogen) atoms. The number of fused-ring (bicyclic) bond motifs is 1. The number of rotatable bonds is 4. The molecule has 1 aromatic heterocycles. The van der Waals surface area contributed by atoms with Crippen LogP contribution >= 0.6 is 0 Å². The highest BCUT2D eigenvalue weighted by Crippen LogP contribution is 2.38. The van der Waals surface area contributed by atoms with Crippen LogP contribution in [0.1, 0.15) is 17.3 Å². The van der Waals surface area contributed by atoms with Gasteiger partial charge in [-0.05, 0) is 37.3 Å². The Hall–Kier alpha value is -3.02. The number of anilines is 1. The molecule has 118 valence electrons. The van der Waals surface area contributed by atoms with Crippen LogP contribution in [0.2, 0.25) is 0 Å². The zero-order chi connectivity index (χ0) is 16.6. The normalized spacial score (nSPS) is 10.9. The van der Waals surface area contributed by atoms with E-state index in [0.717, 1.165) is 0 Å². The van der Waals surface area contributed by atoms with E-state index in [2.05, 4.69) is 5.32 Å². The predicted octanol–water partition coefficient (Wildman–Crippen LogP) is 4.07. The number of hydrogen-bond acceptors (Lipinski definition) is 4. The Bertz CT molecular complexity index is 884. The number of phenols is 1. The number of phenolic OH excluding ortho intramolecular Hbond substituents is 1. The van der Waals surface area contributed by atoms with Crippen molar-refractivity contribution in [3.63, 3.8) is 0 Å². The first kappa shape index (κ1) is 14.9. The van der Waals surface area contributed by atoms with E-state index in [1.165, 1.54) is 30.3 Å². The van der Waals surface area contributed by atoms with Gasteiger partial charge in [0.05, 0.1) is 5.69 Å². The number of halogens is 1. The lowest BCUT2D eigenvalue weighted by Crippen LogP contribution is -1.98. The summed E-state index contributed by atoms with van der Waals surface area (Å²) in [5.74, 6) is -1.54. The molecular weight excluding hydrogens is 301 g/mol. The van der Waals surface area contributed by atoms with Gasteiger partial charge in [0.25, 0.3) is 0 Å². The quantitative estimate of drug-likeness (QED) is 0.632. The van der Waals surface area contributed by atoms with Gasteiger partial charge in [-0.2, -0.15) is 0 Å². The van der Waals surface area contributed by atoms with E-state index in [4.69, 9.17) is 4.42 Å². The zero-order valence-corrected chi connectivity index (χ0v) is 12.3. The molecule has 0 aliphatic heterocycles. The summed E-state index contributed by atoms with van der Waals surface area (Å²) >= 11 is 0. The summed E-state index contributed by atoms with van der Waals surface area (Å²) in [4.78, 5) is 11.6. The standard InChI is InChI=1S/C17H14FNO4/c1-2-19-12-8-14-11(7-13(12)20)15(17(21)22)16(23-14)9-3-5-10(18)6-4-9/h3-8,19-20H,2H2,1H3,(H,21,22). The fourth-order valence-electron chi connectivity index (χ4n) is 2.48. The number of benzene rings is 2. The fourth-order valence-corrected chi connectivity index (χ4v) is 2.48. The lowest BCUT2D eigenvalue weighted by molar-refractivity contribution is 0.0699. The number of carbonyl (C=O) groups is 1. The lowest BCUT2D eigenvalue weighted by atomic mass is 10.0. The van der Waals surface area contributed by atoms with Crippen LogP contribution in [0.15, 0.2) is 40.8 Å². The SMILES string of the molecule is CCNc1cc2oc(-c3ccc(F)cc3)c(C(=O)O)c2cc1O. The summed E-state index contributed by atoms with van der Waals surface area (Å²) in [6.45, 7) is 2.47. The molecule has 0 bridgehead atoms. The summed E-state index contributed by atoms with van der Waals surface area (Å²) in [6.07, 6.45) is 0. The van der Waals surface area contributed by atoms with Crippen molar-refractivity contribution in [1.29, 1.82) is 0 Å². The molecule has 3 aromatic rings. The first-order valence-electron chi connectivity index (χ1n) is 7.04. The second-order valence-corrected chi connectivity index (χ2v) is 5.01. The molecule has 0 radical (unpaired) electrons. The third kappa shape index (κ3) is 2.59. The lowest BCUT2D eigenvalue weighted by Gasteiger charge is -2.05. The van der Waals surface area contributed by atoms with Gasteiger partial charge in [0.1, 0.15) is 28.5 Å². The maximum Gasteiger partial charge on any atom is 0.340 e. The Morgan fingerprint density at radius 2 is 1.96 bits per heavy atom. The van der Waals surface area contributed by atoms with Gasteiger partial charge in [-0.3, -0.25) is 0 Å². The number of carboxylic acids is 1. The third-order valence-corrected chi connectivity index (χ3v) is 3.49. The number of furan rings is 1. The molecule has 3 rings (SSSR count). The molecule has 0 amide bonds. The Labute approximate surface area is 131 Å². The summed E-state index contributed by atoms with van der Waals surface area (Å²) in [5, 5.41) is 22.8. The zero-order valence-electron chi connectivity index (χ0n) is 12.3. The van der Waals surface area contributed by atoms with Crippen LogP contribution in [0.25, 0.3) is 22.3 Å². The summed E-state index contributed by atoms with van der Waals surface area (Å²) in [6, 6.07) is 8.27. The highest BCUT2D eigenvalue weighted by atomic mass is 19.1. The van der Waals surface area contributed by atoms with Gasteiger partial charge >= 0.3 is 5.97 Å².